The zero-order valence-electron chi connectivity index (χ0n) is 21.6. The Labute approximate surface area is 243 Å². The highest BCUT2D eigenvalue weighted by Gasteiger charge is 2.24. The van der Waals surface area contributed by atoms with E-state index >= 15 is 0 Å². The van der Waals surface area contributed by atoms with Gasteiger partial charge in [0.15, 0.2) is 5.75 Å². The molecule has 0 aliphatic carbocycles. The summed E-state index contributed by atoms with van der Waals surface area (Å²) in [6, 6.07) is 12.7. The van der Waals surface area contributed by atoms with Crippen molar-refractivity contribution in [2.24, 2.45) is 10.2 Å². The molecule has 0 unspecified atom stereocenters. The Kier molecular flexibility index (Phi) is 7.20. The van der Waals surface area contributed by atoms with E-state index in [1.54, 1.807) is 43.1 Å². The summed E-state index contributed by atoms with van der Waals surface area (Å²) >= 11 is 5.90. The van der Waals surface area contributed by atoms with Gasteiger partial charge in [-0.15, -0.1) is 10.2 Å². The number of phenols is 1. The third-order valence-corrected chi connectivity index (χ3v) is 8.33. The fourth-order valence-electron chi connectivity index (χ4n) is 4.42. The number of aromatic hydroxyl groups is 1. The fraction of sp³-hybridized carbons (Fsp3) is 0.0800. The molecule has 0 spiro atoms. The van der Waals surface area contributed by atoms with Gasteiger partial charge in [0.05, 0.1) is 0 Å². The van der Waals surface area contributed by atoms with Crippen LogP contribution in [0.2, 0.25) is 5.28 Å². The molecule has 0 radical (unpaired) electrons. The molecular formula is C25H20ClN7O7S2. The van der Waals surface area contributed by atoms with Crippen molar-refractivity contribution in [2.75, 3.05) is 17.7 Å². The summed E-state index contributed by atoms with van der Waals surface area (Å²) in [5.41, 5.74) is 6.47. The molecule has 0 saturated heterocycles. The highest BCUT2D eigenvalue weighted by atomic mass is 35.5. The number of hydrogen-bond donors (Lipinski definition) is 4. The first-order valence-corrected chi connectivity index (χ1v) is 15.0. The van der Waals surface area contributed by atoms with Gasteiger partial charge < -0.3 is 15.7 Å². The number of aromatic nitrogens is 3. The Bertz CT molecular complexity index is 2160. The van der Waals surface area contributed by atoms with E-state index < -0.39 is 30.0 Å². The Balaban J connectivity index is 1.60. The molecule has 0 aliphatic rings. The quantitative estimate of drug-likeness (QED) is 0.142. The maximum atomic E-state index is 12.3. The van der Waals surface area contributed by atoms with Gasteiger partial charge in [-0.05, 0) is 65.9 Å². The molecule has 4 aromatic carbocycles. The Morgan fingerprint density at radius 1 is 0.881 bits per heavy atom. The van der Waals surface area contributed by atoms with Crippen LogP contribution in [0.15, 0.2) is 74.6 Å². The second kappa shape index (κ2) is 10.4. The monoisotopic (exact) mass is 629 g/mol. The van der Waals surface area contributed by atoms with E-state index in [-0.39, 0.29) is 45.1 Å². The summed E-state index contributed by atoms with van der Waals surface area (Å²) in [6.45, 7) is 1.65. The van der Waals surface area contributed by atoms with Crippen molar-refractivity contribution in [1.82, 2.24) is 15.0 Å². The number of halogens is 1. The normalized spacial score (nSPS) is 12.4. The minimum Gasteiger partial charge on any atom is -0.505 e. The van der Waals surface area contributed by atoms with Crippen LogP contribution in [-0.2, 0) is 20.2 Å². The van der Waals surface area contributed by atoms with Crippen molar-refractivity contribution in [3.63, 3.8) is 0 Å². The molecule has 216 valence electrons. The highest BCUT2D eigenvalue weighted by Crippen LogP contribution is 2.42. The first-order valence-electron chi connectivity index (χ1n) is 11.7. The van der Waals surface area contributed by atoms with Crippen molar-refractivity contribution in [3.8, 4) is 5.75 Å². The predicted octanol–water partition coefficient (Wildman–Crippen LogP) is 5.10. The summed E-state index contributed by atoms with van der Waals surface area (Å²) in [5.74, 6) is -0.103. The number of benzene rings is 4. The summed E-state index contributed by atoms with van der Waals surface area (Å²) in [5, 5.41) is 19.7. The van der Waals surface area contributed by atoms with Gasteiger partial charge in [0.2, 0.25) is 17.2 Å². The average Bonchev–Trinajstić information content (AvgIpc) is 2.89. The number of fused-ring (bicyclic) bond motifs is 2. The molecule has 5 N–H and O–H groups in total. The SMILES string of the molecule is Cc1cc2cc(N(C)c3nc(N)nc(Cl)n3)ccc2c(O)c1N=Nc1ccc2c(S(=O)(=O)O)cccc2c1S(=O)(=O)O. The van der Waals surface area contributed by atoms with Crippen LogP contribution in [0.4, 0.5) is 29.0 Å². The molecule has 0 amide bonds. The van der Waals surface area contributed by atoms with Crippen molar-refractivity contribution in [1.29, 1.82) is 0 Å². The molecule has 17 heteroatoms. The van der Waals surface area contributed by atoms with Crippen LogP contribution in [0.1, 0.15) is 5.56 Å². The highest BCUT2D eigenvalue weighted by molar-refractivity contribution is 7.86. The second-order valence-electron chi connectivity index (χ2n) is 9.03. The van der Waals surface area contributed by atoms with E-state index in [9.17, 15) is 31.0 Å². The molecule has 0 aliphatic heterocycles. The summed E-state index contributed by atoms with van der Waals surface area (Å²) in [6.07, 6.45) is 0. The lowest BCUT2D eigenvalue weighted by Crippen LogP contribution is -2.14. The van der Waals surface area contributed by atoms with E-state index in [1.807, 2.05) is 0 Å². The molecule has 1 heterocycles. The standard InChI is InChI=1S/C25H20ClN7O7S2/c1-12-10-13-11-14(33(2)25-29-23(26)28-24(27)30-25)6-7-15(13)21(34)20(12)32-31-18-9-8-16-17(22(18)42(38,39)40)4-3-5-19(16)41(35,36)37/h3-11,34H,1-2H3,(H,35,36,37)(H,38,39,40)(H2,27,28,29,30). The zero-order valence-corrected chi connectivity index (χ0v) is 24.0. The van der Waals surface area contributed by atoms with Gasteiger partial charge >= 0.3 is 0 Å². The molecule has 0 fully saturated rings. The van der Waals surface area contributed by atoms with Crippen molar-refractivity contribution < 1.29 is 31.0 Å². The van der Waals surface area contributed by atoms with Gasteiger partial charge in [-0.3, -0.25) is 9.11 Å². The van der Waals surface area contributed by atoms with Crippen LogP contribution in [0.5, 0.6) is 5.75 Å². The van der Waals surface area contributed by atoms with Crippen LogP contribution in [0.3, 0.4) is 0 Å². The van der Waals surface area contributed by atoms with Gasteiger partial charge in [-0.25, -0.2) is 0 Å². The number of azo groups is 1. The molecule has 5 rings (SSSR count). The Morgan fingerprint density at radius 2 is 1.60 bits per heavy atom. The molecule has 0 bridgehead atoms. The number of nitrogens with two attached hydrogens (primary N) is 1. The van der Waals surface area contributed by atoms with Gasteiger partial charge in [0.1, 0.15) is 21.2 Å². The maximum absolute atomic E-state index is 12.3. The maximum Gasteiger partial charge on any atom is 0.297 e. The van der Waals surface area contributed by atoms with Crippen LogP contribution in [0, 0.1) is 6.92 Å². The third kappa shape index (κ3) is 5.40. The molecule has 42 heavy (non-hydrogen) atoms. The number of nitrogen functional groups attached to an aromatic ring is 1. The number of aryl methyl sites for hydroxylation is 1. The lowest BCUT2D eigenvalue weighted by atomic mass is 10.0. The number of nitrogens with zero attached hydrogens (tertiary/aromatic N) is 6. The smallest absolute Gasteiger partial charge is 0.297 e. The van der Waals surface area contributed by atoms with Crippen molar-refractivity contribution >= 4 is 82.3 Å². The Hall–Kier alpha value is -4.48. The van der Waals surface area contributed by atoms with Crippen LogP contribution >= 0.6 is 11.6 Å². The zero-order chi connectivity index (χ0) is 30.6. The number of anilines is 3. The van der Waals surface area contributed by atoms with Crippen LogP contribution in [-0.4, -0.2) is 53.0 Å². The van der Waals surface area contributed by atoms with E-state index in [4.69, 9.17) is 17.3 Å². The first kappa shape index (κ1) is 29.0. The topological polar surface area (TPSA) is 222 Å². The molecule has 14 nitrogen and oxygen atoms in total. The van der Waals surface area contributed by atoms with Crippen molar-refractivity contribution in [2.45, 2.75) is 16.7 Å². The molecule has 0 saturated carbocycles. The Morgan fingerprint density at radius 3 is 2.26 bits per heavy atom. The minimum absolute atomic E-state index is 0.0219. The second-order valence-corrected chi connectivity index (χ2v) is 12.1. The number of phenolic OH excluding ortho intramolecular Hbond substituents is 1. The lowest BCUT2D eigenvalue weighted by Gasteiger charge is -2.18. The van der Waals surface area contributed by atoms with Gasteiger partial charge in [-0.1, -0.05) is 18.2 Å². The summed E-state index contributed by atoms with van der Waals surface area (Å²) < 4.78 is 67.8. The van der Waals surface area contributed by atoms with E-state index in [0.29, 0.717) is 22.0 Å². The summed E-state index contributed by atoms with van der Waals surface area (Å²) in [4.78, 5) is 12.2. The predicted molar refractivity (Wildman–Crippen MR) is 155 cm³/mol. The van der Waals surface area contributed by atoms with E-state index in [1.165, 1.54) is 18.2 Å². The van der Waals surface area contributed by atoms with Gasteiger partial charge in [0, 0.05) is 28.9 Å². The van der Waals surface area contributed by atoms with Crippen molar-refractivity contribution in [3.05, 3.63) is 65.4 Å². The average molecular weight is 630 g/mol. The first-order chi connectivity index (χ1) is 19.6. The van der Waals surface area contributed by atoms with Crippen LogP contribution < -0.4 is 10.6 Å². The van der Waals surface area contributed by atoms with Gasteiger partial charge in [-0.2, -0.15) is 31.8 Å². The molecule has 1 aromatic heterocycles. The molecule has 5 aromatic rings. The van der Waals surface area contributed by atoms with E-state index in [2.05, 4.69) is 25.2 Å². The number of hydrogen-bond acceptors (Lipinski definition) is 12. The van der Waals surface area contributed by atoms with Gasteiger partial charge in [0.25, 0.3) is 20.2 Å². The molecular weight excluding hydrogens is 610 g/mol. The fourth-order valence-corrected chi connectivity index (χ4v) is 6.12. The summed E-state index contributed by atoms with van der Waals surface area (Å²) in [7, 11) is -7.97. The largest absolute Gasteiger partial charge is 0.505 e. The third-order valence-electron chi connectivity index (χ3n) is 6.31. The lowest BCUT2D eigenvalue weighted by molar-refractivity contribution is 0.481. The van der Waals surface area contributed by atoms with E-state index in [0.717, 1.165) is 12.1 Å². The molecule has 0 atom stereocenters. The van der Waals surface area contributed by atoms with Crippen LogP contribution in [0.25, 0.3) is 21.5 Å². The number of rotatable bonds is 6. The minimum atomic E-state index is -4.95.